The van der Waals surface area contributed by atoms with E-state index in [1.165, 1.54) is 12.1 Å². The number of benzene rings is 2. The van der Waals surface area contributed by atoms with Gasteiger partial charge in [0.25, 0.3) is 11.8 Å². The summed E-state index contributed by atoms with van der Waals surface area (Å²) in [4.78, 5) is 28.1. The Labute approximate surface area is 204 Å². The van der Waals surface area contributed by atoms with Crippen molar-refractivity contribution >= 4 is 29.1 Å². The summed E-state index contributed by atoms with van der Waals surface area (Å²) in [6.45, 7) is 2.13. The molecule has 2 aliphatic rings. The number of nitrogens with one attached hydrogen (secondary N) is 1. The van der Waals surface area contributed by atoms with Gasteiger partial charge in [0.05, 0.1) is 23.8 Å². The number of carbonyl (C=O) groups excluding carboxylic acids is 2. The average molecular weight is 482 g/mol. The maximum atomic E-state index is 13.4. The maximum Gasteiger partial charge on any atom is 0.256 e. The molecule has 7 nitrogen and oxygen atoms in total. The number of hydrogen-bond donors (Lipinski definition) is 2. The van der Waals surface area contributed by atoms with Crippen molar-refractivity contribution in [1.29, 1.82) is 5.26 Å². The quantitative estimate of drug-likeness (QED) is 0.653. The third kappa shape index (κ3) is 5.25. The van der Waals surface area contributed by atoms with Crippen LogP contribution in [0.4, 0.5) is 5.69 Å². The van der Waals surface area contributed by atoms with E-state index in [0.29, 0.717) is 43.1 Å². The van der Waals surface area contributed by atoms with E-state index >= 15 is 0 Å². The molecular formula is C26H28ClN3O4. The zero-order valence-electron chi connectivity index (χ0n) is 18.9. The average Bonchev–Trinajstić information content (AvgIpc) is 3.40. The lowest BCUT2D eigenvalue weighted by molar-refractivity contribution is -0.139. The number of nitriles is 1. The van der Waals surface area contributed by atoms with Crippen molar-refractivity contribution in [3.63, 3.8) is 0 Å². The van der Waals surface area contributed by atoms with Gasteiger partial charge in [-0.15, -0.1) is 0 Å². The van der Waals surface area contributed by atoms with Crippen LogP contribution in [0, 0.1) is 17.2 Å². The molecular weight excluding hydrogens is 454 g/mol. The van der Waals surface area contributed by atoms with Gasteiger partial charge in [0.2, 0.25) is 0 Å². The smallest absolute Gasteiger partial charge is 0.256 e. The minimum Gasteiger partial charge on any atom is -0.379 e. The van der Waals surface area contributed by atoms with E-state index in [1.54, 1.807) is 29.2 Å². The molecule has 0 radical (unpaired) electrons. The molecule has 1 aliphatic carbocycles. The van der Waals surface area contributed by atoms with Gasteiger partial charge >= 0.3 is 0 Å². The second-order valence-electron chi connectivity index (χ2n) is 8.95. The molecule has 2 fully saturated rings. The summed E-state index contributed by atoms with van der Waals surface area (Å²) in [5.74, 6) is -0.781. The molecule has 2 aromatic carbocycles. The maximum absolute atomic E-state index is 13.4. The molecule has 1 heterocycles. The number of morpholine rings is 1. The molecule has 8 heteroatoms. The fourth-order valence-electron chi connectivity index (χ4n) is 4.81. The first-order valence-electron chi connectivity index (χ1n) is 11.6. The monoisotopic (exact) mass is 481 g/mol. The molecule has 34 heavy (non-hydrogen) atoms. The number of amides is 2. The van der Waals surface area contributed by atoms with Gasteiger partial charge in [-0.3, -0.25) is 9.59 Å². The molecule has 1 atom stereocenters. The highest BCUT2D eigenvalue weighted by atomic mass is 35.5. The first-order chi connectivity index (χ1) is 16.4. The summed E-state index contributed by atoms with van der Waals surface area (Å²) in [5.41, 5.74) is 0.348. The number of rotatable bonds is 6. The van der Waals surface area contributed by atoms with Crippen LogP contribution in [0.15, 0.2) is 42.5 Å². The lowest BCUT2D eigenvalue weighted by atomic mass is 9.80. The summed E-state index contributed by atoms with van der Waals surface area (Å²) in [6.07, 6.45) is 3.52. The summed E-state index contributed by atoms with van der Waals surface area (Å²) in [5, 5.41) is 23.8. The molecule has 4 rings (SSSR count). The van der Waals surface area contributed by atoms with E-state index in [2.05, 4.69) is 5.32 Å². The molecule has 0 spiro atoms. The molecule has 0 bridgehead atoms. The van der Waals surface area contributed by atoms with Crippen molar-refractivity contribution in [2.24, 2.45) is 5.92 Å². The van der Waals surface area contributed by atoms with Gasteiger partial charge < -0.3 is 20.1 Å². The zero-order valence-corrected chi connectivity index (χ0v) is 19.7. The number of carbonyl (C=O) groups is 2. The third-order valence-corrected chi connectivity index (χ3v) is 7.03. The van der Waals surface area contributed by atoms with E-state index in [1.807, 2.05) is 12.1 Å². The summed E-state index contributed by atoms with van der Waals surface area (Å²) in [7, 11) is 0. The number of aliphatic hydroxyl groups is 1. The zero-order chi connectivity index (χ0) is 24.1. The normalized spacial score (nSPS) is 18.2. The van der Waals surface area contributed by atoms with Crippen LogP contribution in [-0.2, 0) is 16.0 Å². The Morgan fingerprint density at radius 3 is 2.59 bits per heavy atom. The van der Waals surface area contributed by atoms with Crippen molar-refractivity contribution in [2.75, 3.05) is 31.6 Å². The van der Waals surface area contributed by atoms with Crippen molar-refractivity contribution in [3.05, 3.63) is 64.2 Å². The number of nitrogens with zero attached hydrogens (tertiary/aromatic N) is 2. The Hall–Kier alpha value is -2.92. The van der Waals surface area contributed by atoms with Crippen molar-refractivity contribution in [1.82, 2.24) is 4.90 Å². The predicted molar refractivity (Wildman–Crippen MR) is 129 cm³/mol. The van der Waals surface area contributed by atoms with Crippen molar-refractivity contribution in [3.8, 4) is 6.07 Å². The van der Waals surface area contributed by atoms with E-state index in [0.717, 1.165) is 31.2 Å². The highest BCUT2D eigenvalue weighted by Gasteiger charge is 2.45. The summed E-state index contributed by atoms with van der Waals surface area (Å²) >= 11 is 6.12. The predicted octanol–water partition coefficient (Wildman–Crippen LogP) is 3.79. The van der Waals surface area contributed by atoms with E-state index < -0.39 is 11.5 Å². The molecule has 2 N–H and O–H groups in total. The molecule has 1 saturated carbocycles. The van der Waals surface area contributed by atoms with Crippen LogP contribution in [0.5, 0.6) is 0 Å². The van der Waals surface area contributed by atoms with Gasteiger partial charge in [0.1, 0.15) is 11.7 Å². The second kappa shape index (κ2) is 10.6. The lowest BCUT2D eigenvalue weighted by Crippen LogP contribution is -2.50. The van der Waals surface area contributed by atoms with Gasteiger partial charge in [0, 0.05) is 30.8 Å². The Bertz CT molecular complexity index is 1100. The van der Waals surface area contributed by atoms with Crippen LogP contribution in [-0.4, -0.2) is 53.7 Å². The molecule has 1 aliphatic heterocycles. The SMILES string of the molecule is N#Cc1ccc(NC(=O)C(O)(Cc2cccc(C(=O)N3CCOCC3)c2)C2CCCC2)cc1Cl. The molecule has 2 amide bonds. The van der Waals surface area contributed by atoms with Gasteiger partial charge in [-0.05, 0) is 54.7 Å². The van der Waals surface area contributed by atoms with E-state index in [-0.39, 0.29) is 23.3 Å². The topological polar surface area (TPSA) is 103 Å². The molecule has 1 saturated heterocycles. The van der Waals surface area contributed by atoms with Crippen LogP contribution in [0.3, 0.4) is 0 Å². The largest absolute Gasteiger partial charge is 0.379 e. The second-order valence-corrected chi connectivity index (χ2v) is 9.36. The molecule has 0 aromatic heterocycles. The molecule has 2 aromatic rings. The van der Waals surface area contributed by atoms with E-state index in [9.17, 15) is 14.7 Å². The van der Waals surface area contributed by atoms with Crippen LogP contribution < -0.4 is 5.32 Å². The highest BCUT2D eigenvalue weighted by Crippen LogP contribution is 2.37. The number of hydrogen-bond acceptors (Lipinski definition) is 5. The summed E-state index contributed by atoms with van der Waals surface area (Å²) in [6, 6.07) is 13.8. The standard InChI is InChI=1S/C26H28ClN3O4/c27-23-15-22(9-8-20(23)17-28)29-25(32)26(33,21-6-1-2-7-21)16-18-4-3-5-19(14-18)24(31)30-10-12-34-13-11-30/h3-5,8-9,14-15,21,33H,1-2,6-7,10-13,16H2,(H,29,32). The Kier molecular flexibility index (Phi) is 7.52. The Balaban J connectivity index is 1.56. The number of halogens is 1. The number of anilines is 1. The van der Waals surface area contributed by atoms with Gasteiger partial charge in [-0.2, -0.15) is 5.26 Å². The minimum atomic E-state index is -1.64. The first-order valence-corrected chi connectivity index (χ1v) is 12.0. The van der Waals surface area contributed by atoms with Gasteiger partial charge in [-0.1, -0.05) is 36.6 Å². The fraction of sp³-hybridized carbons (Fsp3) is 0.423. The van der Waals surface area contributed by atoms with Crippen molar-refractivity contribution < 1.29 is 19.4 Å². The molecule has 1 unspecified atom stereocenters. The van der Waals surface area contributed by atoms with Crippen LogP contribution in [0.1, 0.15) is 47.2 Å². The molecule has 178 valence electrons. The minimum absolute atomic E-state index is 0.0776. The number of ether oxygens (including phenoxy) is 1. The Morgan fingerprint density at radius 1 is 1.18 bits per heavy atom. The van der Waals surface area contributed by atoms with Crippen LogP contribution in [0.2, 0.25) is 5.02 Å². The van der Waals surface area contributed by atoms with E-state index in [4.69, 9.17) is 21.6 Å². The first kappa shape index (κ1) is 24.2. The fourth-order valence-corrected chi connectivity index (χ4v) is 5.03. The lowest BCUT2D eigenvalue weighted by Gasteiger charge is -2.33. The van der Waals surface area contributed by atoms with Crippen LogP contribution >= 0.6 is 11.6 Å². The highest BCUT2D eigenvalue weighted by molar-refractivity contribution is 6.32. The third-order valence-electron chi connectivity index (χ3n) is 6.72. The Morgan fingerprint density at radius 2 is 1.91 bits per heavy atom. The van der Waals surface area contributed by atoms with Gasteiger partial charge in [-0.25, -0.2) is 0 Å². The van der Waals surface area contributed by atoms with Crippen molar-refractivity contribution in [2.45, 2.75) is 37.7 Å². The summed E-state index contributed by atoms with van der Waals surface area (Å²) < 4.78 is 5.33. The van der Waals surface area contributed by atoms with Crippen LogP contribution in [0.25, 0.3) is 0 Å². The van der Waals surface area contributed by atoms with Gasteiger partial charge in [0.15, 0.2) is 0 Å².